The third-order valence-electron chi connectivity index (χ3n) is 4.21. The predicted octanol–water partition coefficient (Wildman–Crippen LogP) is 0.394. The lowest BCUT2D eigenvalue weighted by molar-refractivity contribution is 0.184. The van der Waals surface area contributed by atoms with Crippen LogP contribution in [-0.4, -0.2) is 81.0 Å². The highest BCUT2D eigenvalue weighted by Crippen LogP contribution is 2.23. The highest BCUT2D eigenvalue weighted by atomic mass is 127. The van der Waals surface area contributed by atoms with Crippen molar-refractivity contribution in [1.29, 1.82) is 0 Å². The Morgan fingerprint density at radius 3 is 2.43 bits per heavy atom. The minimum atomic E-state index is -3.00. The molecule has 1 N–H and O–H groups in total. The van der Waals surface area contributed by atoms with Crippen LogP contribution in [0.15, 0.2) is 4.99 Å². The quantitative estimate of drug-likeness (QED) is 0.399. The number of likely N-dealkylation sites (tertiary alicyclic amines) is 1. The normalized spacial score (nSPS) is 24.9. The lowest BCUT2D eigenvalue weighted by atomic mass is 10.2. The third-order valence-corrected chi connectivity index (χ3v) is 6.75. The Morgan fingerprint density at radius 1 is 1.29 bits per heavy atom. The van der Waals surface area contributed by atoms with E-state index in [1.807, 2.05) is 0 Å². The largest absolute Gasteiger partial charge is 0.355 e. The first-order chi connectivity index (χ1) is 9.36. The summed E-state index contributed by atoms with van der Waals surface area (Å²) in [4.78, 5) is 8.73. The second-order valence-electron chi connectivity index (χ2n) is 6.17. The number of halogens is 1. The second kappa shape index (κ2) is 7.45. The van der Waals surface area contributed by atoms with E-state index in [0.29, 0.717) is 13.1 Å². The van der Waals surface area contributed by atoms with Gasteiger partial charge in [0.25, 0.3) is 0 Å². The third kappa shape index (κ3) is 4.44. The maximum Gasteiger partial charge on any atom is 0.193 e. The average Bonchev–Trinajstić information content (AvgIpc) is 2.31. The van der Waals surface area contributed by atoms with Gasteiger partial charge in [0.2, 0.25) is 0 Å². The molecule has 2 aliphatic rings. The summed E-state index contributed by atoms with van der Waals surface area (Å²) < 4.78 is 23.3. The number of hydrogen-bond acceptors (Lipinski definition) is 4. The molecule has 6 nitrogen and oxygen atoms in total. The highest BCUT2D eigenvalue weighted by molar-refractivity contribution is 14.0. The molecule has 2 rings (SSSR count). The summed E-state index contributed by atoms with van der Waals surface area (Å²) in [6.07, 6.45) is 1.30. The van der Waals surface area contributed by atoms with Gasteiger partial charge in [0.1, 0.15) is 0 Å². The summed E-state index contributed by atoms with van der Waals surface area (Å²) in [5, 5.41) is 3.34. The van der Waals surface area contributed by atoms with Gasteiger partial charge in [-0.1, -0.05) is 0 Å². The molecule has 0 radical (unpaired) electrons. The molecule has 0 unspecified atom stereocenters. The van der Waals surface area contributed by atoms with Gasteiger partial charge in [-0.25, -0.2) is 8.42 Å². The molecule has 2 heterocycles. The number of nitrogens with one attached hydrogen (secondary N) is 1. The molecule has 0 saturated carbocycles. The monoisotopic (exact) mass is 430 g/mol. The van der Waals surface area contributed by atoms with Crippen LogP contribution in [-0.2, 0) is 9.84 Å². The molecule has 0 atom stereocenters. The Labute approximate surface area is 145 Å². The Bertz CT molecular complexity index is 475. The number of aliphatic imine (C=N–C) groups is 1. The maximum atomic E-state index is 12.0. The summed E-state index contributed by atoms with van der Waals surface area (Å²) >= 11 is 0. The Hall–Kier alpha value is -0.0900. The van der Waals surface area contributed by atoms with E-state index in [9.17, 15) is 8.42 Å². The zero-order valence-electron chi connectivity index (χ0n) is 13.1. The van der Waals surface area contributed by atoms with Gasteiger partial charge in [0.15, 0.2) is 15.8 Å². The summed E-state index contributed by atoms with van der Waals surface area (Å²) in [7, 11) is -1.25. The molecule has 0 amide bonds. The van der Waals surface area contributed by atoms with Crippen LogP contribution in [0.25, 0.3) is 0 Å². The van der Waals surface area contributed by atoms with Crippen LogP contribution >= 0.6 is 24.0 Å². The van der Waals surface area contributed by atoms with Crippen LogP contribution in [0.4, 0.5) is 0 Å². The van der Waals surface area contributed by atoms with Crippen molar-refractivity contribution in [1.82, 2.24) is 15.1 Å². The van der Waals surface area contributed by atoms with E-state index < -0.39 is 14.6 Å². The van der Waals surface area contributed by atoms with Gasteiger partial charge < -0.3 is 15.1 Å². The zero-order valence-corrected chi connectivity index (χ0v) is 16.3. The van der Waals surface area contributed by atoms with Crippen LogP contribution in [0.5, 0.6) is 0 Å². The molecular weight excluding hydrogens is 403 g/mol. The first-order valence-electron chi connectivity index (χ1n) is 7.26. The van der Waals surface area contributed by atoms with Crippen molar-refractivity contribution in [2.24, 2.45) is 4.99 Å². The minimum absolute atomic E-state index is 0. The highest BCUT2D eigenvalue weighted by Gasteiger charge is 2.40. The van der Waals surface area contributed by atoms with Crippen molar-refractivity contribution in [3.05, 3.63) is 0 Å². The molecule has 0 aromatic carbocycles. The molecule has 0 aromatic rings. The van der Waals surface area contributed by atoms with Crippen LogP contribution in [0, 0.1) is 0 Å². The second-order valence-corrected chi connectivity index (χ2v) is 8.91. The molecule has 2 aliphatic heterocycles. The van der Waals surface area contributed by atoms with Gasteiger partial charge in [-0.15, -0.1) is 24.0 Å². The lowest BCUT2D eigenvalue weighted by Gasteiger charge is -2.39. The van der Waals surface area contributed by atoms with E-state index in [2.05, 4.69) is 20.1 Å². The standard InChI is InChI=1S/C13H26N4O2S.HI/c1-13(2)11-17(9-10-20(13,18)19)12(14-3)15-5-8-16-6-4-7-16;/h4-11H2,1-3H3,(H,14,15);1H. The van der Waals surface area contributed by atoms with Crippen LogP contribution in [0.2, 0.25) is 0 Å². The number of sulfone groups is 1. The van der Waals surface area contributed by atoms with Gasteiger partial charge in [0, 0.05) is 33.2 Å². The Morgan fingerprint density at radius 2 is 1.95 bits per heavy atom. The fraction of sp³-hybridized carbons (Fsp3) is 0.923. The number of hydrogen-bond donors (Lipinski definition) is 1. The topological polar surface area (TPSA) is 65.0 Å². The van der Waals surface area contributed by atoms with E-state index in [4.69, 9.17) is 0 Å². The molecule has 0 aromatic heterocycles. The van der Waals surface area contributed by atoms with E-state index in [0.717, 1.165) is 19.0 Å². The average molecular weight is 430 g/mol. The van der Waals surface area contributed by atoms with Gasteiger partial charge in [-0.3, -0.25) is 4.99 Å². The molecule has 21 heavy (non-hydrogen) atoms. The summed E-state index contributed by atoms with van der Waals surface area (Å²) in [6, 6.07) is 0. The van der Waals surface area contributed by atoms with Gasteiger partial charge >= 0.3 is 0 Å². The van der Waals surface area contributed by atoms with Crippen LogP contribution < -0.4 is 5.32 Å². The lowest BCUT2D eigenvalue weighted by Crippen LogP contribution is -2.57. The van der Waals surface area contributed by atoms with Crippen molar-refractivity contribution in [2.45, 2.75) is 25.0 Å². The van der Waals surface area contributed by atoms with Crippen LogP contribution in [0.3, 0.4) is 0 Å². The molecule has 0 bridgehead atoms. The van der Waals surface area contributed by atoms with E-state index >= 15 is 0 Å². The zero-order chi connectivity index (χ0) is 14.8. The predicted molar refractivity (Wildman–Crippen MR) is 97.3 cm³/mol. The molecule has 0 aliphatic carbocycles. The molecule has 124 valence electrons. The molecular formula is C13H27IN4O2S. The molecule has 2 fully saturated rings. The fourth-order valence-electron chi connectivity index (χ4n) is 2.59. The van der Waals surface area contributed by atoms with E-state index in [1.54, 1.807) is 20.9 Å². The van der Waals surface area contributed by atoms with Crippen molar-refractivity contribution < 1.29 is 8.42 Å². The number of nitrogens with zero attached hydrogens (tertiary/aromatic N) is 3. The summed E-state index contributed by atoms with van der Waals surface area (Å²) in [5.41, 5.74) is 0. The molecule has 8 heteroatoms. The summed E-state index contributed by atoms with van der Waals surface area (Å²) in [5.74, 6) is 1.01. The SMILES string of the molecule is CN=C(NCCN1CCC1)N1CCS(=O)(=O)C(C)(C)C1.I. The maximum absolute atomic E-state index is 12.0. The molecule has 0 spiro atoms. The Kier molecular flexibility index (Phi) is 6.73. The minimum Gasteiger partial charge on any atom is -0.355 e. The van der Waals surface area contributed by atoms with Crippen molar-refractivity contribution in [3.8, 4) is 0 Å². The first kappa shape index (κ1) is 19.0. The van der Waals surface area contributed by atoms with Gasteiger partial charge in [-0.2, -0.15) is 0 Å². The van der Waals surface area contributed by atoms with E-state index in [-0.39, 0.29) is 29.7 Å². The van der Waals surface area contributed by atoms with Gasteiger partial charge in [-0.05, 0) is 33.4 Å². The van der Waals surface area contributed by atoms with Gasteiger partial charge in [0.05, 0.1) is 10.5 Å². The first-order valence-corrected chi connectivity index (χ1v) is 8.91. The van der Waals surface area contributed by atoms with Crippen molar-refractivity contribution in [2.75, 3.05) is 52.1 Å². The smallest absolute Gasteiger partial charge is 0.193 e. The molecule has 2 saturated heterocycles. The van der Waals surface area contributed by atoms with Crippen LogP contribution in [0.1, 0.15) is 20.3 Å². The Balaban J connectivity index is 0.00000220. The fourth-order valence-corrected chi connectivity index (χ4v) is 3.95. The summed E-state index contributed by atoms with van der Waals surface area (Å²) in [6.45, 7) is 8.87. The van der Waals surface area contributed by atoms with E-state index in [1.165, 1.54) is 19.5 Å². The number of rotatable bonds is 3. The van der Waals surface area contributed by atoms with Crippen molar-refractivity contribution >= 4 is 39.8 Å². The van der Waals surface area contributed by atoms with Crippen molar-refractivity contribution in [3.63, 3.8) is 0 Å². The number of guanidine groups is 1.